The number of carbonyl (C=O) groups is 2. The third-order valence-corrected chi connectivity index (χ3v) is 5.13. The van der Waals surface area contributed by atoms with Gasteiger partial charge in [0.05, 0.1) is 18.2 Å². The van der Waals surface area contributed by atoms with E-state index in [9.17, 15) is 14.7 Å². The van der Waals surface area contributed by atoms with Gasteiger partial charge in [0.2, 0.25) is 0 Å². The molecule has 0 unspecified atom stereocenters. The molecule has 2 amide bonds. The molecule has 0 fully saturated rings. The van der Waals surface area contributed by atoms with Crippen LogP contribution >= 0.6 is 0 Å². The molecule has 0 radical (unpaired) electrons. The zero-order valence-corrected chi connectivity index (χ0v) is 19.1. The van der Waals surface area contributed by atoms with Gasteiger partial charge in [0.15, 0.2) is 0 Å². The number of nitrogens with zero attached hydrogens (tertiary/aromatic N) is 1. The van der Waals surface area contributed by atoms with Gasteiger partial charge in [0.25, 0.3) is 0 Å². The Kier molecular flexibility index (Phi) is 7.17. The highest BCUT2D eigenvalue weighted by molar-refractivity contribution is 6.00. The lowest BCUT2D eigenvalue weighted by molar-refractivity contribution is -0.146. The maximum absolute atomic E-state index is 12.4. The van der Waals surface area contributed by atoms with Crippen molar-refractivity contribution >= 4 is 29.2 Å². The number of aryl methyl sites for hydroxylation is 1. The molecule has 0 aliphatic carbocycles. The molecule has 172 valence electrons. The van der Waals surface area contributed by atoms with Crippen LogP contribution in [0.1, 0.15) is 19.4 Å². The van der Waals surface area contributed by atoms with Crippen LogP contribution in [0.3, 0.4) is 0 Å². The van der Waals surface area contributed by atoms with Crippen LogP contribution < -0.4 is 20.7 Å². The summed E-state index contributed by atoms with van der Waals surface area (Å²) in [6, 6.07) is 16.3. The van der Waals surface area contributed by atoms with Crippen LogP contribution in [0.2, 0.25) is 0 Å². The van der Waals surface area contributed by atoms with Gasteiger partial charge in [-0.2, -0.15) is 0 Å². The predicted molar refractivity (Wildman–Crippen MR) is 130 cm³/mol. The van der Waals surface area contributed by atoms with E-state index in [4.69, 9.17) is 4.74 Å². The van der Waals surface area contributed by atoms with E-state index < -0.39 is 11.4 Å². The quantitative estimate of drug-likeness (QED) is 0.375. The molecule has 0 spiro atoms. The number of aromatic nitrogens is 1. The first kappa shape index (κ1) is 23.6. The van der Waals surface area contributed by atoms with Crippen molar-refractivity contribution < 1.29 is 19.4 Å². The minimum Gasteiger partial charge on any atom is -0.495 e. The Balaban J connectivity index is 1.60. The minimum absolute atomic E-state index is 0.269. The average molecular weight is 449 g/mol. The van der Waals surface area contributed by atoms with Crippen LogP contribution in [0, 0.1) is 12.3 Å². The summed E-state index contributed by atoms with van der Waals surface area (Å²) in [6.07, 6.45) is 1.72. The number of methoxy groups -OCH3 is 1. The van der Waals surface area contributed by atoms with E-state index in [-0.39, 0.29) is 12.6 Å². The molecule has 3 aromatic rings. The molecule has 1 aromatic heterocycles. The lowest BCUT2D eigenvalue weighted by atomic mass is 9.94. The monoisotopic (exact) mass is 448 g/mol. The van der Waals surface area contributed by atoms with E-state index in [1.807, 2.05) is 61.5 Å². The van der Waals surface area contributed by atoms with Crippen molar-refractivity contribution in [3.05, 3.63) is 66.4 Å². The first-order valence-electron chi connectivity index (χ1n) is 10.4. The summed E-state index contributed by atoms with van der Waals surface area (Å²) in [7, 11) is 1.56. The number of rotatable bonds is 8. The number of amides is 2. The number of ether oxygens (including phenoxy) is 1. The molecule has 0 atom stereocenters. The third-order valence-electron chi connectivity index (χ3n) is 5.13. The van der Waals surface area contributed by atoms with E-state index >= 15 is 0 Å². The molecule has 3 rings (SSSR count). The summed E-state index contributed by atoms with van der Waals surface area (Å²) in [5.41, 5.74) is 3.20. The Hall–Kier alpha value is -4.07. The molecule has 8 nitrogen and oxygen atoms in total. The molecule has 8 heteroatoms. The number of carboxylic acids is 1. The molecule has 0 saturated heterocycles. The summed E-state index contributed by atoms with van der Waals surface area (Å²) in [6.45, 7) is 5.52. The van der Waals surface area contributed by atoms with Crippen molar-refractivity contribution in [2.75, 3.05) is 29.6 Å². The first-order valence-corrected chi connectivity index (χ1v) is 10.4. The van der Waals surface area contributed by atoms with E-state index in [1.165, 1.54) is 0 Å². The fourth-order valence-electron chi connectivity index (χ4n) is 3.01. The van der Waals surface area contributed by atoms with E-state index in [0.29, 0.717) is 22.9 Å². The number of pyridine rings is 1. The van der Waals surface area contributed by atoms with Crippen molar-refractivity contribution in [2.45, 2.75) is 20.8 Å². The van der Waals surface area contributed by atoms with Crippen LogP contribution in [-0.2, 0) is 4.79 Å². The Morgan fingerprint density at radius 3 is 2.30 bits per heavy atom. The molecule has 0 bridgehead atoms. The van der Waals surface area contributed by atoms with Crippen LogP contribution in [-0.4, -0.2) is 35.7 Å². The highest BCUT2D eigenvalue weighted by atomic mass is 16.5. The molecule has 0 aliphatic rings. The maximum Gasteiger partial charge on any atom is 0.323 e. The number of anilines is 3. The Labute approximate surface area is 193 Å². The maximum atomic E-state index is 12.4. The zero-order valence-electron chi connectivity index (χ0n) is 19.1. The van der Waals surface area contributed by atoms with Crippen LogP contribution in [0.15, 0.2) is 60.8 Å². The second-order valence-corrected chi connectivity index (χ2v) is 8.33. The van der Waals surface area contributed by atoms with Gasteiger partial charge in [-0.05, 0) is 68.3 Å². The van der Waals surface area contributed by atoms with Crippen molar-refractivity contribution in [2.24, 2.45) is 5.41 Å². The normalized spacial score (nSPS) is 10.9. The van der Waals surface area contributed by atoms with Crippen LogP contribution in [0.5, 0.6) is 5.75 Å². The smallest absolute Gasteiger partial charge is 0.323 e. The number of aliphatic carboxylic acids is 1. The van der Waals surface area contributed by atoms with Gasteiger partial charge in [0.1, 0.15) is 11.6 Å². The molecule has 1 heterocycles. The first-order chi connectivity index (χ1) is 15.7. The zero-order chi connectivity index (χ0) is 24.0. The van der Waals surface area contributed by atoms with E-state index in [0.717, 1.165) is 16.7 Å². The number of hydrogen-bond donors (Lipinski definition) is 4. The van der Waals surface area contributed by atoms with Gasteiger partial charge in [-0.3, -0.25) is 4.79 Å². The van der Waals surface area contributed by atoms with Gasteiger partial charge in [0, 0.05) is 24.0 Å². The summed E-state index contributed by atoms with van der Waals surface area (Å²) in [5, 5.41) is 17.9. The molecule has 0 saturated carbocycles. The number of carbonyl (C=O) groups excluding carboxylic acids is 1. The van der Waals surface area contributed by atoms with Gasteiger partial charge in [-0.15, -0.1) is 0 Å². The van der Waals surface area contributed by atoms with Crippen molar-refractivity contribution in [3.63, 3.8) is 0 Å². The Morgan fingerprint density at radius 1 is 1.00 bits per heavy atom. The van der Waals surface area contributed by atoms with Crippen molar-refractivity contribution in [1.29, 1.82) is 0 Å². The largest absolute Gasteiger partial charge is 0.495 e. The fourth-order valence-corrected chi connectivity index (χ4v) is 3.01. The van der Waals surface area contributed by atoms with Gasteiger partial charge >= 0.3 is 12.0 Å². The summed E-state index contributed by atoms with van der Waals surface area (Å²) >= 11 is 0. The minimum atomic E-state index is -0.889. The number of nitrogens with one attached hydrogen (secondary N) is 3. The third kappa shape index (κ3) is 6.22. The topological polar surface area (TPSA) is 113 Å². The van der Waals surface area contributed by atoms with Crippen LogP contribution in [0.4, 0.5) is 22.0 Å². The number of hydrogen-bond acceptors (Lipinski definition) is 5. The summed E-state index contributed by atoms with van der Waals surface area (Å²) in [5.74, 6) is 0.324. The van der Waals surface area contributed by atoms with E-state index in [1.54, 1.807) is 27.2 Å². The summed E-state index contributed by atoms with van der Waals surface area (Å²) < 4.78 is 5.29. The second-order valence-electron chi connectivity index (χ2n) is 8.33. The van der Waals surface area contributed by atoms with E-state index in [2.05, 4.69) is 20.9 Å². The summed E-state index contributed by atoms with van der Waals surface area (Å²) in [4.78, 5) is 28.0. The SMILES string of the molecule is COc1ccc(C)cc1NC(=O)Nc1ccc(-c2ccc(NCC(C)(C)C(=O)O)nc2)cc1. The van der Waals surface area contributed by atoms with Gasteiger partial charge < -0.3 is 25.8 Å². The predicted octanol–water partition coefficient (Wildman–Crippen LogP) is 5.23. The lowest BCUT2D eigenvalue weighted by Crippen LogP contribution is -2.31. The molecular weight excluding hydrogens is 420 g/mol. The number of urea groups is 1. The van der Waals surface area contributed by atoms with Gasteiger partial charge in [-0.1, -0.05) is 18.2 Å². The highest BCUT2D eigenvalue weighted by Gasteiger charge is 2.26. The fraction of sp³-hybridized carbons (Fsp3) is 0.240. The molecular formula is C25H28N4O4. The standard InChI is InChI=1S/C25H28N4O4/c1-16-5-11-21(33-4)20(13-16)29-24(32)28-19-9-6-17(7-10-19)18-8-12-22(26-14-18)27-15-25(2,3)23(30)31/h5-14H,15H2,1-4H3,(H,26,27)(H,30,31)(H2,28,29,32). The van der Waals surface area contributed by atoms with Crippen molar-refractivity contribution in [1.82, 2.24) is 4.98 Å². The average Bonchev–Trinajstić information content (AvgIpc) is 2.79. The molecule has 4 N–H and O–H groups in total. The Bertz CT molecular complexity index is 1130. The van der Waals surface area contributed by atoms with Gasteiger partial charge in [-0.25, -0.2) is 9.78 Å². The molecule has 0 aliphatic heterocycles. The van der Waals surface area contributed by atoms with Crippen LogP contribution in [0.25, 0.3) is 11.1 Å². The Morgan fingerprint density at radius 2 is 1.70 bits per heavy atom. The lowest BCUT2D eigenvalue weighted by Gasteiger charge is -2.19. The molecule has 2 aromatic carbocycles. The number of carboxylic acid groups (broad SMARTS) is 1. The van der Waals surface area contributed by atoms with Crippen molar-refractivity contribution in [3.8, 4) is 16.9 Å². The molecule has 33 heavy (non-hydrogen) atoms. The second kappa shape index (κ2) is 10.0. The highest BCUT2D eigenvalue weighted by Crippen LogP contribution is 2.26. The number of benzene rings is 2.